The lowest BCUT2D eigenvalue weighted by atomic mass is 9.97. The van der Waals surface area contributed by atoms with Gasteiger partial charge in [-0.15, -0.1) is 0 Å². The Bertz CT molecular complexity index is 963. The molecule has 166 valence electrons. The van der Waals surface area contributed by atoms with Gasteiger partial charge in [-0.05, 0) is 31.4 Å². The molecule has 4 amide bonds. The summed E-state index contributed by atoms with van der Waals surface area (Å²) < 4.78 is 5.96. The van der Waals surface area contributed by atoms with E-state index in [1.807, 2.05) is 0 Å². The summed E-state index contributed by atoms with van der Waals surface area (Å²) >= 11 is 0. The molecular formula is C20H25N5O6. The van der Waals surface area contributed by atoms with Gasteiger partial charge in [-0.3, -0.25) is 19.3 Å². The van der Waals surface area contributed by atoms with Crippen molar-refractivity contribution in [1.82, 2.24) is 14.8 Å². The van der Waals surface area contributed by atoms with Crippen LogP contribution in [0.25, 0.3) is 0 Å². The molecule has 11 nitrogen and oxygen atoms in total. The van der Waals surface area contributed by atoms with Crippen molar-refractivity contribution in [2.45, 2.75) is 50.3 Å². The van der Waals surface area contributed by atoms with E-state index in [-0.39, 0.29) is 24.8 Å². The molecule has 1 saturated carbocycles. The summed E-state index contributed by atoms with van der Waals surface area (Å²) in [7, 11) is 1.32. The van der Waals surface area contributed by atoms with Crippen LogP contribution in [0.4, 0.5) is 10.5 Å². The highest BCUT2D eigenvalue weighted by Gasteiger charge is 2.58. The van der Waals surface area contributed by atoms with E-state index < -0.39 is 41.5 Å². The largest absolute Gasteiger partial charge is 0.465 e. The number of hydrogen-bond acceptors (Lipinski definition) is 6. The van der Waals surface area contributed by atoms with Crippen molar-refractivity contribution >= 4 is 29.5 Å². The molecule has 3 heterocycles. The monoisotopic (exact) mass is 431 g/mol. The highest BCUT2D eigenvalue weighted by atomic mass is 16.5. The van der Waals surface area contributed by atoms with Gasteiger partial charge in [-0.1, -0.05) is 12.8 Å². The van der Waals surface area contributed by atoms with Gasteiger partial charge >= 0.3 is 6.09 Å². The minimum Gasteiger partial charge on any atom is -0.465 e. The number of anilines is 1. The van der Waals surface area contributed by atoms with Crippen molar-refractivity contribution in [1.29, 1.82) is 0 Å². The number of aromatic nitrogens is 1. The average molecular weight is 431 g/mol. The van der Waals surface area contributed by atoms with Gasteiger partial charge in [0.1, 0.15) is 17.8 Å². The number of likely N-dealkylation sites (N-methyl/N-ethyl adjacent to an activating group) is 1. The summed E-state index contributed by atoms with van der Waals surface area (Å²) in [5.74, 6) is -1.39. The minimum atomic E-state index is -1.53. The van der Waals surface area contributed by atoms with E-state index in [0.717, 1.165) is 17.7 Å². The van der Waals surface area contributed by atoms with Gasteiger partial charge in [0.15, 0.2) is 0 Å². The van der Waals surface area contributed by atoms with Crippen LogP contribution >= 0.6 is 0 Å². The van der Waals surface area contributed by atoms with Crippen molar-refractivity contribution in [3.8, 4) is 5.88 Å². The van der Waals surface area contributed by atoms with E-state index in [4.69, 9.17) is 10.5 Å². The molecule has 4 N–H and O–H groups in total. The maximum absolute atomic E-state index is 13.4. The second-order valence-corrected chi connectivity index (χ2v) is 8.53. The molecule has 31 heavy (non-hydrogen) atoms. The van der Waals surface area contributed by atoms with E-state index in [2.05, 4.69) is 10.3 Å². The third-order valence-electron chi connectivity index (χ3n) is 6.20. The Morgan fingerprint density at radius 3 is 2.74 bits per heavy atom. The normalized spacial score (nSPS) is 25.4. The number of nitrogens with one attached hydrogen (secondary N) is 1. The molecule has 0 radical (unpaired) electrons. The molecule has 1 aromatic heterocycles. The zero-order chi connectivity index (χ0) is 22.5. The van der Waals surface area contributed by atoms with Crippen molar-refractivity contribution in [3.05, 3.63) is 17.8 Å². The molecule has 0 bridgehead atoms. The van der Waals surface area contributed by atoms with Crippen LogP contribution in [-0.4, -0.2) is 75.0 Å². The van der Waals surface area contributed by atoms with Crippen LogP contribution in [0.15, 0.2) is 12.1 Å². The lowest BCUT2D eigenvalue weighted by molar-refractivity contribution is -0.142. The summed E-state index contributed by atoms with van der Waals surface area (Å²) in [6.45, 7) is 1.54. The number of nitrogens with two attached hydrogens (primary N) is 1. The van der Waals surface area contributed by atoms with Crippen molar-refractivity contribution in [2.24, 2.45) is 11.7 Å². The van der Waals surface area contributed by atoms with Gasteiger partial charge in [-0.2, -0.15) is 0 Å². The van der Waals surface area contributed by atoms with E-state index in [0.29, 0.717) is 17.8 Å². The van der Waals surface area contributed by atoms with Crippen LogP contribution < -0.4 is 15.8 Å². The van der Waals surface area contributed by atoms with Crippen LogP contribution in [0.1, 0.15) is 31.4 Å². The number of rotatable bonds is 5. The minimum absolute atomic E-state index is 0.137. The molecule has 3 atom stereocenters. The van der Waals surface area contributed by atoms with Crippen molar-refractivity contribution < 1.29 is 29.0 Å². The zero-order valence-corrected chi connectivity index (χ0v) is 17.3. The average Bonchev–Trinajstić information content (AvgIpc) is 3.45. The van der Waals surface area contributed by atoms with E-state index in [1.165, 1.54) is 11.9 Å². The molecule has 1 aliphatic carbocycles. The number of nitrogens with zero attached hydrogens (tertiary/aromatic N) is 3. The second-order valence-electron chi connectivity index (χ2n) is 8.53. The Morgan fingerprint density at radius 1 is 1.42 bits per heavy atom. The number of hydrogen-bond donors (Lipinski definition) is 3. The van der Waals surface area contributed by atoms with E-state index in [9.17, 15) is 24.3 Å². The Hall–Kier alpha value is -3.37. The topological polar surface area (TPSA) is 155 Å². The third kappa shape index (κ3) is 3.75. The summed E-state index contributed by atoms with van der Waals surface area (Å²) in [5, 5.41) is 12.2. The number of pyridine rings is 1. The maximum atomic E-state index is 13.4. The van der Waals surface area contributed by atoms with Gasteiger partial charge in [0.05, 0.1) is 6.54 Å². The molecular weight excluding hydrogens is 406 g/mol. The number of ether oxygens (including phenoxy) is 1. The van der Waals surface area contributed by atoms with Crippen molar-refractivity contribution in [2.75, 3.05) is 18.9 Å². The molecule has 1 aromatic rings. The SMILES string of the molecule is Cc1ccc2c(n1)OC1(C[C@@H](C(N)=O)N(C(=O)C(CC3CC3)N(C)C(=O)O)C1)C(=O)N2. The summed E-state index contributed by atoms with van der Waals surface area (Å²) in [4.78, 5) is 56.6. The van der Waals surface area contributed by atoms with E-state index >= 15 is 0 Å². The van der Waals surface area contributed by atoms with Crippen LogP contribution in [0.3, 0.4) is 0 Å². The maximum Gasteiger partial charge on any atom is 0.407 e. The molecule has 2 aliphatic heterocycles. The molecule has 4 rings (SSSR count). The number of likely N-dealkylation sites (tertiary alicyclic amines) is 1. The van der Waals surface area contributed by atoms with Crippen LogP contribution in [-0.2, 0) is 14.4 Å². The first-order chi connectivity index (χ1) is 14.6. The molecule has 3 aliphatic rings. The number of amides is 4. The smallest absolute Gasteiger partial charge is 0.407 e. The molecule has 11 heteroatoms. The quantitative estimate of drug-likeness (QED) is 0.606. The number of primary amides is 1. The van der Waals surface area contributed by atoms with Gasteiger partial charge in [-0.25, -0.2) is 9.78 Å². The number of carbonyl (C=O) groups is 4. The van der Waals surface area contributed by atoms with Crippen LogP contribution in [0.5, 0.6) is 5.88 Å². The summed E-state index contributed by atoms with van der Waals surface area (Å²) in [6, 6.07) is 1.32. The first kappa shape index (κ1) is 20.9. The Morgan fingerprint density at radius 2 is 2.13 bits per heavy atom. The number of aryl methyl sites for hydroxylation is 1. The fourth-order valence-corrected chi connectivity index (χ4v) is 4.19. The van der Waals surface area contributed by atoms with Gasteiger partial charge in [0, 0.05) is 19.2 Å². The van der Waals surface area contributed by atoms with Gasteiger partial charge < -0.3 is 25.8 Å². The number of fused-ring (bicyclic) bond motifs is 1. The van der Waals surface area contributed by atoms with Gasteiger partial charge in [0.25, 0.3) is 5.91 Å². The standard InChI is InChI=1S/C20H25N5O6/c1-10-3-6-12-16(22-10)31-20(18(28)23-12)8-14(15(21)26)25(9-20)17(27)13(7-11-4-5-11)24(2)19(29)30/h3,6,11,13-14H,4-5,7-9H2,1-2H3,(H2,21,26)(H,23,28)(H,29,30)/t13?,14-,20?/m0/s1. The highest BCUT2D eigenvalue weighted by Crippen LogP contribution is 2.40. The lowest BCUT2D eigenvalue weighted by Crippen LogP contribution is -2.55. The Labute approximate surface area is 178 Å². The predicted molar refractivity (Wildman–Crippen MR) is 107 cm³/mol. The molecule has 1 saturated heterocycles. The molecule has 1 spiro atoms. The fourth-order valence-electron chi connectivity index (χ4n) is 4.19. The Balaban J connectivity index is 1.65. The van der Waals surface area contributed by atoms with Crippen molar-refractivity contribution in [3.63, 3.8) is 0 Å². The third-order valence-corrected chi connectivity index (χ3v) is 6.20. The molecule has 0 aromatic carbocycles. The van der Waals surface area contributed by atoms with Crippen LogP contribution in [0, 0.1) is 12.8 Å². The zero-order valence-electron chi connectivity index (χ0n) is 17.3. The molecule has 2 unspecified atom stereocenters. The first-order valence-electron chi connectivity index (χ1n) is 10.1. The second kappa shape index (κ2) is 7.40. The van der Waals surface area contributed by atoms with E-state index in [1.54, 1.807) is 19.1 Å². The van der Waals surface area contributed by atoms with Crippen LogP contribution in [0.2, 0.25) is 0 Å². The number of carboxylic acid groups (broad SMARTS) is 1. The summed E-state index contributed by atoms with van der Waals surface area (Å²) in [5.41, 5.74) is 5.11. The fraction of sp³-hybridized carbons (Fsp3) is 0.550. The van der Waals surface area contributed by atoms with Gasteiger partial charge in [0.2, 0.25) is 23.3 Å². The predicted octanol–water partition coefficient (Wildman–Crippen LogP) is 0.324. The number of carbonyl (C=O) groups excluding carboxylic acids is 3. The lowest BCUT2D eigenvalue weighted by Gasteiger charge is -2.34. The highest BCUT2D eigenvalue weighted by molar-refractivity contribution is 6.03. The summed E-state index contributed by atoms with van der Waals surface area (Å²) in [6.07, 6.45) is 0.820. The molecule has 2 fully saturated rings. The Kier molecular flexibility index (Phi) is 4.98. The first-order valence-corrected chi connectivity index (χ1v) is 10.1.